The number of hydrogen-bond acceptors (Lipinski definition) is 3. The van der Waals surface area contributed by atoms with Crippen molar-refractivity contribution < 1.29 is 9.53 Å². The number of benzene rings is 1. The summed E-state index contributed by atoms with van der Waals surface area (Å²) in [5, 5.41) is 2.77. The number of amides is 1. The fourth-order valence-corrected chi connectivity index (χ4v) is 1.73. The van der Waals surface area contributed by atoms with Crippen LogP contribution in [0.4, 0.5) is 5.69 Å². The number of nitrogens with two attached hydrogens (primary N) is 1. The van der Waals surface area contributed by atoms with Crippen LogP contribution in [0.15, 0.2) is 12.1 Å². The Kier molecular flexibility index (Phi) is 2.73. The lowest BCUT2D eigenvalue weighted by Crippen LogP contribution is -2.27. The lowest BCUT2D eigenvalue weighted by atomic mass is 10.1. The van der Waals surface area contributed by atoms with Crippen molar-refractivity contribution in [2.45, 2.75) is 39.3 Å². The van der Waals surface area contributed by atoms with E-state index in [-0.39, 0.29) is 11.5 Å². The van der Waals surface area contributed by atoms with Gasteiger partial charge in [-0.25, -0.2) is 0 Å². The van der Waals surface area contributed by atoms with Gasteiger partial charge in [-0.05, 0) is 38.0 Å². The first-order valence-electron chi connectivity index (χ1n) is 5.82. The summed E-state index contributed by atoms with van der Waals surface area (Å²) in [6, 6.07) is 3.55. The maximum atomic E-state index is 11.5. The Morgan fingerprint density at radius 2 is 2.18 bits per heavy atom. The number of carbonyl (C=O) groups excluding carboxylic acids is 1. The van der Waals surface area contributed by atoms with Crippen molar-refractivity contribution in [3.63, 3.8) is 0 Å². The van der Waals surface area contributed by atoms with E-state index in [4.69, 9.17) is 10.5 Å². The minimum Gasteiger partial charge on any atom is -0.486 e. The van der Waals surface area contributed by atoms with E-state index in [0.29, 0.717) is 23.5 Å². The summed E-state index contributed by atoms with van der Waals surface area (Å²) in [5.74, 6) is 0.597. The first-order valence-corrected chi connectivity index (χ1v) is 5.82. The Balaban J connectivity index is 2.34. The molecule has 0 spiro atoms. The highest BCUT2D eigenvalue weighted by molar-refractivity contribution is 5.99. The monoisotopic (exact) mass is 234 g/mol. The smallest absolute Gasteiger partial charge is 0.251 e. The number of hydrogen-bond donors (Lipinski definition) is 2. The van der Waals surface area contributed by atoms with Crippen LogP contribution in [0.2, 0.25) is 0 Å². The number of rotatable bonds is 3. The van der Waals surface area contributed by atoms with E-state index in [1.165, 1.54) is 0 Å². The van der Waals surface area contributed by atoms with Gasteiger partial charge < -0.3 is 15.8 Å². The third-order valence-corrected chi connectivity index (χ3v) is 3.16. The average Bonchev–Trinajstić information content (AvgIpc) is 2.61. The van der Waals surface area contributed by atoms with Gasteiger partial charge in [-0.3, -0.25) is 4.79 Å². The molecule has 4 nitrogen and oxygen atoms in total. The standard InChI is InChI=1S/C13H18N2O2/c1-4-13(2,3)17-11-5-8-7-15-12(16)9(8)6-10(11)14/h5-6H,4,7,14H2,1-3H3,(H,15,16). The SMILES string of the molecule is CCC(C)(C)Oc1cc2c(cc1N)C(=O)NC2. The predicted octanol–water partition coefficient (Wildman–Crippen LogP) is 2.08. The van der Waals surface area contributed by atoms with E-state index in [9.17, 15) is 4.79 Å². The summed E-state index contributed by atoms with van der Waals surface area (Å²) >= 11 is 0. The van der Waals surface area contributed by atoms with E-state index in [1.807, 2.05) is 19.9 Å². The van der Waals surface area contributed by atoms with Gasteiger partial charge in [-0.15, -0.1) is 0 Å². The van der Waals surface area contributed by atoms with Gasteiger partial charge in [0, 0.05) is 12.1 Å². The minimum absolute atomic E-state index is 0.0620. The zero-order valence-electron chi connectivity index (χ0n) is 10.5. The Morgan fingerprint density at radius 1 is 1.47 bits per heavy atom. The fraction of sp³-hybridized carbons (Fsp3) is 0.462. The molecule has 0 radical (unpaired) electrons. The van der Waals surface area contributed by atoms with Crippen molar-refractivity contribution in [1.29, 1.82) is 0 Å². The molecule has 92 valence electrons. The molecular weight excluding hydrogens is 216 g/mol. The first kappa shape index (κ1) is 11.8. The van der Waals surface area contributed by atoms with E-state index in [2.05, 4.69) is 12.2 Å². The molecule has 0 saturated carbocycles. The average molecular weight is 234 g/mol. The largest absolute Gasteiger partial charge is 0.486 e. The van der Waals surface area contributed by atoms with Crippen molar-refractivity contribution in [2.24, 2.45) is 0 Å². The van der Waals surface area contributed by atoms with Crippen LogP contribution in [0.3, 0.4) is 0 Å². The molecule has 0 fully saturated rings. The second-order valence-corrected chi connectivity index (χ2v) is 4.95. The Morgan fingerprint density at radius 3 is 2.82 bits per heavy atom. The molecule has 3 N–H and O–H groups in total. The molecule has 1 heterocycles. The molecule has 1 aromatic rings. The highest BCUT2D eigenvalue weighted by atomic mass is 16.5. The number of fused-ring (bicyclic) bond motifs is 1. The summed E-state index contributed by atoms with van der Waals surface area (Å²) in [4.78, 5) is 11.5. The van der Waals surface area contributed by atoms with Crippen LogP contribution in [0.25, 0.3) is 0 Å². The second-order valence-electron chi connectivity index (χ2n) is 4.95. The van der Waals surface area contributed by atoms with Gasteiger partial charge >= 0.3 is 0 Å². The molecule has 1 amide bonds. The molecular formula is C13H18N2O2. The fourth-order valence-electron chi connectivity index (χ4n) is 1.73. The third-order valence-electron chi connectivity index (χ3n) is 3.16. The lowest BCUT2D eigenvalue weighted by molar-refractivity contribution is 0.0966. The topological polar surface area (TPSA) is 64.3 Å². The predicted molar refractivity (Wildman–Crippen MR) is 67.0 cm³/mol. The molecule has 0 saturated heterocycles. The van der Waals surface area contributed by atoms with Crippen molar-refractivity contribution in [2.75, 3.05) is 5.73 Å². The van der Waals surface area contributed by atoms with E-state index in [1.54, 1.807) is 6.07 Å². The first-order chi connectivity index (χ1) is 7.93. The Hall–Kier alpha value is -1.71. The van der Waals surface area contributed by atoms with Gasteiger partial charge in [0.1, 0.15) is 11.4 Å². The molecule has 1 aromatic carbocycles. The minimum atomic E-state index is -0.252. The second kappa shape index (κ2) is 3.95. The van der Waals surface area contributed by atoms with Crippen molar-refractivity contribution in [1.82, 2.24) is 5.32 Å². The van der Waals surface area contributed by atoms with E-state index >= 15 is 0 Å². The maximum absolute atomic E-state index is 11.5. The molecule has 17 heavy (non-hydrogen) atoms. The van der Waals surface area contributed by atoms with Crippen molar-refractivity contribution in [3.05, 3.63) is 23.3 Å². The van der Waals surface area contributed by atoms with E-state index in [0.717, 1.165) is 12.0 Å². The zero-order valence-corrected chi connectivity index (χ0v) is 10.5. The summed E-state index contributed by atoms with van der Waals surface area (Å²) in [6.07, 6.45) is 0.890. The zero-order chi connectivity index (χ0) is 12.6. The molecule has 0 aromatic heterocycles. The molecule has 0 bridgehead atoms. The number of nitrogens with one attached hydrogen (secondary N) is 1. The van der Waals surface area contributed by atoms with Crippen molar-refractivity contribution in [3.8, 4) is 5.75 Å². The summed E-state index contributed by atoms with van der Waals surface area (Å²) in [5.41, 5.74) is 7.78. The van der Waals surface area contributed by atoms with Crippen LogP contribution in [0, 0.1) is 0 Å². The van der Waals surface area contributed by atoms with Gasteiger partial charge in [0.05, 0.1) is 5.69 Å². The highest BCUT2D eigenvalue weighted by Gasteiger charge is 2.23. The Bertz CT molecular complexity index is 467. The molecule has 0 aliphatic carbocycles. The number of anilines is 1. The molecule has 1 aliphatic rings. The van der Waals surface area contributed by atoms with Crippen LogP contribution >= 0.6 is 0 Å². The molecule has 2 rings (SSSR count). The van der Waals surface area contributed by atoms with Crippen LogP contribution in [0.5, 0.6) is 5.75 Å². The number of nitrogen functional groups attached to an aromatic ring is 1. The van der Waals surface area contributed by atoms with Crippen molar-refractivity contribution >= 4 is 11.6 Å². The Labute approximate surface area is 101 Å². The van der Waals surface area contributed by atoms with Crippen LogP contribution in [0.1, 0.15) is 43.1 Å². The van der Waals surface area contributed by atoms with Gasteiger partial charge in [0.15, 0.2) is 0 Å². The lowest BCUT2D eigenvalue weighted by Gasteiger charge is -2.26. The van der Waals surface area contributed by atoms with Crippen LogP contribution in [-0.2, 0) is 6.54 Å². The highest BCUT2D eigenvalue weighted by Crippen LogP contribution is 2.31. The summed E-state index contributed by atoms with van der Waals surface area (Å²) in [7, 11) is 0. The summed E-state index contributed by atoms with van der Waals surface area (Å²) < 4.78 is 5.88. The quantitative estimate of drug-likeness (QED) is 0.787. The molecule has 4 heteroatoms. The van der Waals surface area contributed by atoms with Crippen LogP contribution in [-0.4, -0.2) is 11.5 Å². The molecule has 1 aliphatic heterocycles. The van der Waals surface area contributed by atoms with Gasteiger partial charge in [0.2, 0.25) is 0 Å². The van der Waals surface area contributed by atoms with Gasteiger partial charge in [-0.2, -0.15) is 0 Å². The number of ether oxygens (including phenoxy) is 1. The van der Waals surface area contributed by atoms with Crippen LogP contribution < -0.4 is 15.8 Å². The van der Waals surface area contributed by atoms with Gasteiger partial charge in [0.25, 0.3) is 5.91 Å². The molecule has 0 unspecified atom stereocenters. The normalized spacial score (nSPS) is 14.4. The summed E-state index contributed by atoms with van der Waals surface area (Å²) in [6.45, 7) is 6.65. The maximum Gasteiger partial charge on any atom is 0.251 e. The third kappa shape index (κ3) is 2.20. The molecule has 0 atom stereocenters. The number of carbonyl (C=O) groups is 1. The van der Waals surface area contributed by atoms with E-state index < -0.39 is 0 Å². The van der Waals surface area contributed by atoms with Gasteiger partial charge in [-0.1, -0.05) is 6.92 Å².